The number of aliphatic hydroxyl groups excluding tert-OH is 2. The minimum atomic E-state index is -0.343. The second-order valence-corrected chi connectivity index (χ2v) is 6.27. The maximum absolute atomic E-state index is 12.7. The molecule has 146 valence electrons. The molecule has 0 fully saturated rings. The average Bonchev–Trinajstić information content (AvgIpc) is 2.67. The predicted octanol–water partition coefficient (Wildman–Crippen LogP) is 2.40. The zero-order valence-electron chi connectivity index (χ0n) is 15.8. The molecule has 0 aromatic heterocycles. The van der Waals surface area contributed by atoms with Crippen molar-refractivity contribution < 1.29 is 29.3 Å². The van der Waals surface area contributed by atoms with E-state index in [1.807, 2.05) is 6.08 Å². The first-order chi connectivity index (χ1) is 13.1. The minimum absolute atomic E-state index is 0.0158. The van der Waals surface area contributed by atoms with Crippen LogP contribution in [0.15, 0.2) is 30.1 Å². The third-order valence-electron chi connectivity index (χ3n) is 4.57. The van der Waals surface area contributed by atoms with Crippen molar-refractivity contribution in [3.05, 3.63) is 52.3 Å². The van der Waals surface area contributed by atoms with Gasteiger partial charge in [0.25, 0.3) is 0 Å². The van der Waals surface area contributed by atoms with Crippen LogP contribution in [0.5, 0.6) is 5.75 Å². The largest absolute Gasteiger partial charge is 0.496 e. The van der Waals surface area contributed by atoms with Crippen LogP contribution < -0.4 is 4.74 Å². The quantitative estimate of drug-likeness (QED) is 0.483. The molecule has 0 spiro atoms. The summed E-state index contributed by atoms with van der Waals surface area (Å²) in [7, 11) is 2.85. The Balaban J connectivity index is 2.54. The SMILES string of the molecule is COC1=CC(=O)c2c(cc(C/C=C/CO)c(CCCCCO)c2OC)C1=O. The third kappa shape index (κ3) is 4.64. The molecule has 1 aliphatic rings. The van der Waals surface area contributed by atoms with E-state index in [0.717, 1.165) is 24.0 Å². The van der Waals surface area contributed by atoms with Crippen LogP contribution in [0, 0.1) is 0 Å². The molecule has 1 aromatic carbocycles. The predicted molar refractivity (Wildman–Crippen MR) is 101 cm³/mol. The van der Waals surface area contributed by atoms with E-state index in [1.54, 1.807) is 12.1 Å². The van der Waals surface area contributed by atoms with E-state index < -0.39 is 0 Å². The Kier molecular flexibility index (Phi) is 7.76. The minimum Gasteiger partial charge on any atom is -0.496 e. The van der Waals surface area contributed by atoms with Crippen LogP contribution in [-0.4, -0.2) is 49.2 Å². The van der Waals surface area contributed by atoms with Gasteiger partial charge in [0.15, 0.2) is 11.5 Å². The molecule has 0 unspecified atom stereocenters. The van der Waals surface area contributed by atoms with Crippen molar-refractivity contribution in [2.75, 3.05) is 27.4 Å². The molecular weight excluding hydrogens is 348 g/mol. The van der Waals surface area contributed by atoms with Gasteiger partial charge in [-0.15, -0.1) is 0 Å². The highest BCUT2D eigenvalue weighted by Crippen LogP contribution is 2.36. The van der Waals surface area contributed by atoms with Gasteiger partial charge >= 0.3 is 0 Å². The lowest BCUT2D eigenvalue weighted by molar-refractivity contribution is 0.0914. The molecule has 27 heavy (non-hydrogen) atoms. The molecular formula is C21H26O6. The maximum Gasteiger partial charge on any atom is 0.228 e. The summed E-state index contributed by atoms with van der Waals surface area (Å²) < 4.78 is 10.6. The average molecular weight is 374 g/mol. The molecule has 0 atom stereocenters. The van der Waals surface area contributed by atoms with Crippen LogP contribution >= 0.6 is 0 Å². The summed E-state index contributed by atoms with van der Waals surface area (Å²) in [5, 5.41) is 18.0. The number of carbonyl (C=O) groups is 2. The molecule has 2 rings (SSSR count). The van der Waals surface area contributed by atoms with E-state index in [9.17, 15) is 9.59 Å². The number of Topliss-reactive ketones (excluding diaryl/α,β-unsaturated/α-hetero) is 1. The van der Waals surface area contributed by atoms with Gasteiger partial charge in [-0.2, -0.15) is 0 Å². The molecule has 0 radical (unpaired) electrons. The van der Waals surface area contributed by atoms with Crippen LogP contribution in [0.25, 0.3) is 0 Å². The van der Waals surface area contributed by atoms with Gasteiger partial charge in [0.05, 0.1) is 26.4 Å². The molecule has 6 nitrogen and oxygen atoms in total. The first-order valence-corrected chi connectivity index (χ1v) is 9.03. The van der Waals surface area contributed by atoms with E-state index in [2.05, 4.69) is 0 Å². The molecule has 0 saturated carbocycles. The van der Waals surface area contributed by atoms with Crippen molar-refractivity contribution >= 4 is 11.6 Å². The highest BCUT2D eigenvalue weighted by atomic mass is 16.5. The second kappa shape index (κ2) is 10.0. The zero-order chi connectivity index (χ0) is 19.8. The van der Waals surface area contributed by atoms with Crippen molar-refractivity contribution in [1.82, 2.24) is 0 Å². The molecule has 0 bridgehead atoms. The number of fused-ring (bicyclic) bond motifs is 1. The Hall–Kier alpha value is -2.44. The van der Waals surface area contributed by atoms with Crippen molar-refractivity contribution in [3.8, 4) is 5.75 Å². The standard InChI is InChI=1S/C21H26O6/c1-26-18-13-17(24)19-16(20(18)25)12-14(8-5-7-11-23)15(21(19)27-2)9-4-3-6-10-22/h5,7,12-13,22-23H,3-4,6,8-11H2,1-2H3/b7-5+. The number of allylic oxidation sites excluding steroid dienone is 3. The summed E-state index contributed by atoms with van der Waals surface area (Å²) in [5.74, 6) is -0.215. The Bertz CT molecular complexity index is 760. The fourth-order valence-corrected chi connectivity index (χ4v) is 3.27. The van der Waals surface area contributed by atoms with Crippen molar-refractivity contribution in [1.29, 1.82) is 0 Å². The number of ether oxygens (including phenoxy) is 2. The summed E-state index contributed by atoms with van der Waals surface area (Å²) >= 11 is 0. The lowest BCUT2D eigenvalue weighted by Gasteiger charge is -2.22. The van der Waals surface area contributed by atoms with E-state index in [0.29, 0.717) is 25.0 Å². The molecule has 6 heteroatoms. The van der Waals surface area contributed by atoms with E-state index in [-0.39, 0.29) is 41.7 Å². The van der Waals surface area contributed by atoms with Gasteiger partial charge in [-0.1, -0.05) is 18.6 Å². The van der Waals surface area contributed by atoms with E-state index in [4.69, 9.17) is 19.7 Å². The Morgan fingerprint density at radius 2 is 1.81 bits per heavy atom. The molecule has 0 saturated heterocycles. The summed E-state index contributed by atoms with van der Waals surface area (Å²) in [6, 6.07) is 1.73. The van der Waals surface area contributed by atoms with E-state index in [1.165, 1.54) is 20.3 Å². The molecule has 1 aromatic rings. The molecule has 2 N–H and O–H groups in total. The summed E-state index contributed by atoms with van der Waals surface area (Å²) in [6.45, 7) is 0.0763. The van der Waals surface area contributed by atoms with Crippen LogP contribution in [0.1, 0.15) is 51.1 Å². The van der Waals surface area contributed by atoms with Gasteiger partial charge in [-0.3, -0.25) is 9.59 Å². The van der Waals surface area contributed by atoms with Crippen LogP contribution in [0.3, 0.4) is 0 Å². The fraction of sp³-hybridized carbons (Fsp3) is 0.429. The lowest BCUT2D eigenvalue weighted by atomic mass is 9.85. The first-order valence-electron chi connectivity index (χ1n) is 9.03. The normalized spacial score (nSPS) is 13.7. The van der Waals surface area contributed by atoms with Gasteiger partial charge in [0.1, 0.15) is 5.75 Å². The molecule has 1 aliphatic carbocycles. The number of ketones is 2. The molecule has 0 aliphatic heterocycles. The summed E-state index contributed by atoms with van der Waals surface area (Å²) in [6.07, 6.45) is 8.22. The molecule has 0 amide bonds. The van der Waals surface area contributed by atoms with Gasteiger partial charge in [0, 0.05) is 18.2 Å². The number of rotatable bonds is 10. The monoisotopic (exact) mass is 374 g/mol. The highest BCUT2D eigenvalue weighted by Gasteiger charge is 2.32. The number of methoxy groups -OCH3 is 2. The molecule has 0 heterocycles. The smallest absolute Gasteiger partial charge is 0.228 e. The van der Waals surface area contributed by atoms with Gasteiger partial charge < -0.3 is 19.7 Å². The topological polar surface area (TPSA) is 93.1 Å². The third-order valence-corrected chi connectivity index (χ3v) is 4.57. The van der Waals surface area contributed by atoms with Crippen LogP contribution in [0.4, 0.5) is 0 Å². The van der Waals surface area contributed by atoms with Gasteiger partial charge in [-0.25, -0.2) is 0 Å². The number of unbranched alkanes of at least 4 members (excludes halogenated alkanes) is 2. The number of benzene rings is 1. The first kappa shape index (κ1) is 20.9. The van der Waals surface area contributed by atoms with Crippen LogP contribution in [-0.2, 0) is 17.6 Å². The fourth-order valence-electron chi connectivity index (χ4n) is 3.27. The number of carbonyl (C=O) groups excluding carboxylic acids is 2. The van der Waals surface area contributed by atoms with Crippen molar-refractivity contribution in [2.45, 2.75) is 32.1 Å². The Morgan fingerprint density at radius 3 is 2.44 bits per heavy atom. The number of hydrogen-bond acceptors (Lipinski definition) is 6. The van der Waals surface area contributed by atoms with Gasteiger partial charge in [0.2, 0.25) is 5.78 Å². The summed E-state index contributed by atoms with van der Waals surface area (Å²) in [5.41, 5.74) is 2.31. The highest BCUT2D eigenvalue weighted by molar-refractivity contribution is 6.25. The summed E-state index contributed by atoms with van der Waals surface area (Å²) in [4.78, 5) is 25.3. The second-order valence-electron chi connectivity index (χ2n) is 6.27. The Morgan fingerprint density at radius 1 is 1.04 bits per heavy atom. The van der Waals surface area contributed by atoms with Gasteiger partial charge in [-0.05, 0) is 42.9 Å². The lowest BCUT2D eigenvalue weighted by Crippen LogP contribution is -2.21. The number of hydrogen-bond donors (Lipinski definition) is 2. The maximum atomic E-state index is 12.7. The number of aliphatic hydroxyl groups is 2. The van der Waals surface area contributed by atoms with Crippen molar-refractivity contribution in [3.63, 3.8) is 0 Å². The van der Waals surface area contributed by atoms with E-state index >= 15 is 0 Å². The zero-order valence-corrected chi connectivity index (χ0v) is 15.8. The van der Waals surface area contributed by atoms with Crippen molar-refractivity contribution in [2.24, 2.45) is 0 Å². The Labute approximate surface area is 159 Å². The van der Waals surface area contributed by atoms with Crippen LogP contribution in [0.2, 0.25) is 0 Å².